The lowest BCUT2D eigenvalue weighted by Crippen LogP contribution is -2.66. The number of nitrogens with zero attached hydrogens (tertiary/aromatic N) is 4. The molecule has 3 atom stereocenters. The first-order chi connectivity index (χ1) is 10.4. The number of ether oxygens (including phenoxy) is 1. The molecule has 3 unspecified atom stereocenters. The summed E-state index contributed by atoms with van der Waals surface area (Å²) in [5.74, 6) is 0.941. The van der Waals surface area contributed by atoms with Crippen molar-refractivity contribution in [3.63, 3.8) is 0 Å². The predicted molar refractivity (Wildman–Crippen MR) is 83.5 cm³/mol. The Morgan fingerprint density at radius 1 is 1.59 bits per heavy atom. The summed E-state index contributed by atoms with van der Waals surface area (Å²) in [6.45, 7) is 5.12. The van der Waals surface area contributed by atoms with Crippen molar-refractivity contribution < 1.29 is 9.66 Å². The lowest BCUT2D eigenvalue weighted by molar-refractivity contribution is -0.389. The van der Waals surface area contributed by atoms with E-state index in [1.807, 2.05) is 17.3 Å². The maximum atomic E-state index is 11.5. The third-order valence-corrected chi connectivity index (χ3v) is 5.94. The second-order valence-electron chi connectivity index (χ2n) is 6.69. The Balaban J connectivity index is 1.77. The van der Waals surface area contributed by atoms with Gasteiger partial charge in [-0.2, -0.15) is 9.38 Å². The summed E-state index contributed by atoms with van der Waals surface area (Å²) in [4.78, 5) is 18.3. The van der Waals surface area contributed by atoms with Crippen LogP contribution >= 0.6 is 11.3 Å². The summed E-state index contributed by atoms with van der Waals surface area (Å²) in [5, 5.41) is 13.3. The zero-order valence-electron chi connectivity index (χ0n) is 12.7. The van der Waals surface area contributed by atoms with Gasteiger partial charge in [-0.3, -0.25) is 0 Å². The summed E-state index contributed by atoms with van der Waals surface area (Å²) in [7, 11) is 1.92. The first kappa shape index (κ1) is 14.0. The van der Waals surface area contributed by atoms with Crippen LogP contribution in [-0.4, -0.2) is 40.1 Å². The zero-order chi connectivity index (χ0) is 15.6. The van der Waals surface area contributed by atoms with Gasteiger partial charge in [-0.05, 0) is 11.3 Å². The number of rotatable bonds is 3. The van der Waals surface area contributed by atoms with Crippen LogP contribution in [0.4, 0.5) is 11.6 Å². The van der Waals surface area contributed by atoms with Crippen LogP contribution in [0.5, 0.6) is 0 Å². The third kappa shape index (κ3) is 1.62. The van der Waals surface area contributed by atoms with Gasteiger partial charge in [0, 0.05) is 36.4 Å². The molecule has 1 saturated carbocycles. The first-order valence-electron chi connectivity index (χ1n) is 7.37. The fourth-order valence-corrected chi connectivity index (χ4v) is 5.09. The van der Waals surface area contributed by atoms with E-state index in [2.05, 4.69) is 18.8 Å². The van der Waals surface area contributed by atoms with Crippen LogP contribution in [0.3, 0.4) is 0 Å². The van der Waals surface area contributed by atoms with Gasteiger partial charge in [0.25, 0.3) is 4.96 Å². The average molecular weight is 322 g/mol. The molecule has 8 heteroatoms. The number of anilines is 1. The van der Waals surface area contributed by atoms with Crippen LogP contribution in [-0.2, 0) is 4.74 Å². The Morgan fingerprint density at radius 3 is 3.09 bits per heavy atom. The number of fused-ring (bicyclic) bond motifs is 2. The summed E-state index contributed by atoms with van der Waals surface area (Å²) < 4.78 is 7.38. The SMILES string of the molecule is CN(c1nc2sccn2c1[N+](=O)[O-])C1C2CCOC2C1(C)C. The van der Waals surface area contributed by atoms with Crippen molar-refractivity contribution >= 4 is 27.9 Å². The maximum absolute atomic E-state index is 11.5. The van der Waals surface area contributed by atoms with E-state index in [9.17, 15) is 10.1 Å². The molecular weight excluding hydrogens is 304 g/mol. The van der Waals surface area contributed by atoms with Gasteiger partial charge < -0.3 is 19.8 Å². The van der Waals surface area contributed by atoms with Gasteiger partial charge in [-0.25, -0.2) is 0 Å². The lowest BCUT2D eigenvalue weighted by Gasteiger charge is -2.57. The highest BCUT2D eigenvalue weighted by Crippen LogP contribution is 2.55. The van der Waals surface area contributed by atoms with E-state index in [0.717, 1.165) is 13.0 Å². The second kappa shape index (κ2) is 4.42. The van der Waals surface area contributed by atoms with Crippen molar-refractivity contribution in [2.75, 3.05) is 18.6 Å². The number of thiazole rings is 1. The third-order valence-electron chi connectivity index (χ3n) is 5.18. The van der Waals surface area contributed by atoms with Crippen LogP contribution in [0.2, 0.25) is 0 Å². The number of hydrogen-bond acceptors (Lipinski definition) is 6. The molecule has 1 aliphatic carbocycles. The molecule has 1 saturated heterocycles. The van der Waals surface area contributed by atoms with E-state index in [0.29, 0.717) is 16.7 Å². The largest absolute Gasteiger partial charge is 0.377 e. The highest BCUT2D eigenvalue weighted by molar-refractivity contribution is 7.15. The second-order valence-corrected chi connectivity index (χ2v) is 7.57. The Bertz CT molecular complexity index is 752. The minimum absolute atomic E-state index is 0.0270. The topological polar surface area (TPSA) is 72.9 Å². The van der Waals surface area contributed by atoms with Crippen molar-refractivity contribution in [2.24, 2.45) is 11.3 Å². The van der Waals surface area contributed by atoms with Crippen LogP contribution < -0.4 is 4.90 Å². The normalized spacial score (nSPS) is 29.3. The van der Waals surface area contributed by atoms with Gasteiger partial charge in [0.2, 0.25) is 5.82 Å². The van der Waals surface area contributed by atoms with Crippen molar-refractivity contribution in [3.05, 3.63) is 21.7 Å². The Kier molecular flexibility index (Phi) is 2.80. The molecule has 118 valence electrons. The molecular formula is C14H18N4O3S. The smallest absolute Gasteiger partial charge is 0.373 e. The molecule has 0 spiro atoms. The maximum Gasteiger partial charge on any atom is 0.373 e. The predicted octanol–water partition coefficient (Wildman–Crippen LogP) is 2.55. The van der Waals surface area contributed by atoms with E-state index in [-0.39, 0.29) is 28.3 Å². The molecule has 2 aromatic rings. The molecule has 0 radical (unpaired) electrons. The molecule has 0 amide bonds. The molecule has 0 bridgehead atoms. The van der Waals surface area contributed by atoms with Gasteiger partial charge >= 0.3 is 5.82 Å². The van der Waals surface area contributed by atoms with Gasteiger partial charge in [-0.1, -0.05) is 25.2 Å². The van der Waals surface area contributed by atoms with Gasteiger partial charge in [-0.15, -0.1) is 0 Å². The van der Waals surface area contributed by atoms with Crippen LogP contribution in [0, 0.1) is 21.4 Å². The highest BCUT2D eigenvalue weighted by atomic mass is 32.1. The monoisotopic (exact) mass is 322 g/mol. The van der Waals surface area contributed by atoms with E-state index in [1.165, 1.54) is 11.3 Å². The fraction of sp³-hybridized carbons (Fsp3) is 0.643. The molecule has 0 aromatic carbocycles. The first-order valence-corrected chi connectivity index (χ1v) is 8.25. The van der Waals surface area contributed by atoms with Crippen LogP contribution in [0.15, 0.2) is 11.6 Å². The molecule has 2 fully saturated rings. The molecule has 2 aliphatic rings. The van der Waals surface area contributed by atoms with Gasteiger partial charge in [0.15, 0.2) is 0 Å². The van der Waals surface area contributed by atoms with Crippen molar-refractivity contribution in [2.45, 2.75) is 32.4 Å². The van der Waals surface area contributed by atoms with E-state index >= 15 is 0 Å². The average Bonchev–Trinajstić information content (AvgIpc) is 3.10. The standard InChI is InChI=1S/C14H18N4O3S/c1-14(2)9(8-4-6-21-10(8)14)16(3)11-12(18(19)20)17-5-7-22-13(17)15-11/h5,7-10H,4,6H2,1-3H3. The van der Waals surface area contributed by atoms with E-state index < -0.39 is 0 Å². The van der Waals surface area contributed by atoms with Crippen LogP contribution in [0.1, 0.15) is 20.3 Å². The molecule has 1 aliphatic heterocycles. The summed E-state index contributed by atoms with van der Waals surface area (Å²) in [6, 6.07) is 0.211. The van der Waals surface area contributed by atoms with Crippen molar-refractivity contribution in [3.8, 4) is 0 Å². The summed E-state index contributed by atoms with van der Waals surface area (Å²) >= 11 is 1.41. The van der Waals surface area contributed by atoms with Crippen molar-refractivity contribution in [1.29, 1.82) is 0 Å². The minimum atomic E-state index is -0.340. The minimum Gasteiger partial charge on any atom is -0.377 e. The molecule has 22 heavy (non-hydrogen) atoms. The fourth-order valence-electron chi connectivity index (χ4n) is 4.38. The summed E-state index contributed by atoms with van der Waals surface area (Å²) in [5.41, 5.74) is -0.0270. The van der Waals surface area contributed by atoms with Gasteiger partial charge in [0.05, 0.1) is 6.10 Å². The molecule has 0 N–H and O–H groups in total. The van der Waals surface area contributed by atoms with Crippen LogP contribution in [0.25, 0.3) is 4.96 Å². The molecule has 3 heterocycles. The number of aromatic nitrogens is 2. The zero-order valence-corrected chi connectivity index (χ0v) is 13.5. The molecule has 7 nitrogen and oxygen atoms in total. The number of nitro groups is 1. The molecule has 2 aromatic heterocycles. The lowest BCUT2D eigenvalue weighted by atomic mass is 9.57. The number of hydrogen-bond donors (Lipinski definition) is 0. The molecule has 4 rings (SSSR count). The van der Waals surface area contributed by atoms with Crippen molar-refractivity contribution in [1.82, 2.24) is 9.38 Å². The quantitative estimate of drug-likeness (QED) is 0.641. The highest BCUT2D eigenvalue weighted by Gasteiger charge is 2.61. The van der Waals surface area contributed by atoms with E-state index in [4.69, 9.17) is 4.74 Å². The Labute approximate surface area is 131 Å². The number of imidazole rings is 1. The van der Waals surface area contributed by atoms with E-state index in [1.54, 1.807) is 10.6 Å². The summed E-state index contributed by atoms with van der Waals surface area (Å²) in [6.07, 6.45) is 2.97. The Morgan fingerprint density at radius 2 is 2.36 bits per heavy atom. The Hall–Kier alpha value is -1.67. The van der Waals surface area contributed by atoms with Gasteiger partial charge in [0.1, 0.15) is 6.20 Å².